The van der Waals surface area contributed by atoms with Crippen LogP contribution in [0.1, 0.15) is 29.7 Å². The SMILES string of the molecule is Cc1ccc2c(CC(=O)N(C)C(C)c3cc(F)ccc3F)coc2c1. The average molecular weight is 343 g/mol. The normalized spacial score (nSPS) is 12.4. The summed E-state index contributed by atoms with van der Waals surface area (Å²) in [6.45, 7) is 3.64. The van der Waals surface area contributed by atoms with Gasteiger partial charge in [0.15, 0.2) is 0 Å². The van der Waals surface area contributed by atoms with Gasteiger partial charge < -0.3 is 9.32 Å². The van der Waals surface area contributed by atoms with Crippen LogP contribution < -0.4 is 0 Å². The molecule has 1 amide bonds. The van der Waals surface area contributed by atoms with Crippen LogP contribution >= 0.6 is 0 Å². The van der Waals surface area contributed by atoms with Crippen molar-refractivity contribution in [2.45, 2.75) is 26.3 Å². The molecule has 3 aromatic rings. The molecule has 1 heterocycles. The molecule has 0 fully saturated rings. The molecular weight excluding hydrogens is 324 g/mol. The van der Waals surface area contributed by atoms with Crippen LogP contribution in [0.3, 0.4) is 0 Å². The number of amides is 1. The summed E-state index contributed by atoms with van der Waals surface area (Å²) in [6, 6.07) is 8.48. The van der Waals surface area contributed by atoms with Gasteiger partial charge in [-0.25, -0.2) is 8.78 Å². The highest BCUT2D eigenvalue weighted by molar-refractivity contribution is 5.88. The van der Waals surface area contributed by atoms with Gasteiger partial charge in [0.05, 0.1) is 18.7 Å². The number of likely N-dealkylation sites (N-methyl/N-ethyl adjacent to an activating group) is 1. The third-order valence-corrected chi connectivity index (χ3v) is 4.54. The Morgan fingerprint density at radius 1 is 1.20 bits per heavy atom. The second-order valence-corrected chi connectivity index (χ2v) is 6.28. The molecule has 2 aromatic carbocycles. The summed E-state index contributed by atoms with van der Waals surface area (Å²) in [5, 5.41) is 0.886. The largest absolute Gasteiger partial charge is 0.464 e. The average Bonchev–Trinajstić information content (AvgIpc) is 2.97. The van der Waals surface area contributed by atoms with Crippen LogP contribution in [0.4, 0.5) is 8.78 Å². The molecule has 0 radical (unpaired) electrons. The van der Waals surface area contributed by atoms with E-state index in [9.17, 15) is 13.6 Å². The van der Waals surface area contributed by atoms with Crippen molar-refractivity contribution in [2.75, 3.05) is 7.05 Å². The lowest BCUT2D eigenvalue weighted by Gasteiger charge is -2.25. The van der Waals surface area contributed by atoms with E-state index >= 15 is 0 Å². The fourth-order valence-electron chi connectivity index (χ4n) is 2.87. The first-order chi connectivity index (χ1) is 11.9. The topological polar surface area (TPSA) is 33.5 Å². The van der Waals surface area contributed by atoms with Gasteiger partial charge >= 0.3 is 0 Å². The second-order valence-electron chi connectivity index (χ2n) is 6.28. The number of benzene rings is 2. The fraction of sp³-hybridized carbons (Fsp3) is 0.250. The molecule has 0 aliphatic carbocycles. The zero-order chi connectivity index (χ0) is 18.1. The van der Waals surface area contributed by atoms with Crippen molar-refractivity contribution < 1.29 is 18.0 Å². The number of rotatable bonds is 4. The first-order valence-corrected chi connectivity index (χ1v) is 8.04. The Hall–Kier alpha value is -2.69. The van der Waals surface area contributed by atoms with E-state index in [1.165, 1.54) is 4.90 Å². The molecule has 0 saturated heterocycles. The predicted molar refractivity (Wildman–Crippen MR) is 92.2 cm³/mol. The maximum absolute atomic E-state index is 13.9. The first-order valence-electron chi connectivity index (χ1n) is 8.04. The molecule has 0 saturated carbocycles. The Morgan fingerprint density at radius 2 is 1.96 bits per heavy atom. The number of carbonyl (C=O) groups excluding carboxylic acids is 1. The maximum atomic E-state index is 13.9. The molecule has 3 rings (SSSR count). The van der Waals surface area contributed by atoms with Crippen LogP contribution in [0, 0.1) is 18.6 Å². The lowest BCUT2D eigenvalue weighted by atomic mass is 10.0. The summed E-state index contributed by atoms with van der Waals surface area (Å²) >= 11 is 0. The van der Waals surface area contributed by atoms with Crippen molar-refractivity contribution in [3.05, 3.63) is 71.0 Å². The molecule has 0 aliphatic rings. The van der Waals surface area contributed by atoms with Crippen molar-refractivity contribution in [1.29, 1.82) is 0 Å². The first kappa shape index (κ1) is 17.1. The van der Waals surface area contributed by atoms with Crippen LogP contribution in [-0.4, -0.2) is 17.9 Å². The zero-order valence-corrected chi connectivity index (χ0v) is 14.3. The lowest BCUT2D eigenvalue weighted by Crippen LogP contribution is -2.31. The van der Waals surface area contributed by atoms with E-state index in [4.69, 9.17) is 4.42 Å². The van der Waals surface area contributed by atoms with Crippen molar-refractivity contribution in [3.63, 3.8) is 0 Å². The highest BCUT2D eigenvalue weighted by Crippen LogP contribution is 2.26. The number of hydrogen-bond donors (Lipinski definition) is 0. The number of fused-ring (bicyclic) bond motifs is 1. The molecule has 3 nitrogen and oxygen atoms in total. The Kier molecular flexibility index (Phi) is 4.57. The van der Waals surface area contributed by atoms with Gasteiger partial charge in [-0.05, 0) is 43.7 Å². The molecule has 5 heteroatoms. The monoisotopic (exact) mass is 343 g/mol. The van der Waals surface area contributed by atoms with Gasteiger partial charge in [0, 0.05) is 23.6 Å². The summed E-state index contributed by atoms with van der Waals surface area (Å²) in [6.07, 6.45) is 1.71. The molecule has 0 aliphatic heterocycles. The minimum absolute atomic E-state index is 0.133. The third-order valence-electron chi connectivity index (χ3n) is 4.54. The molecule has 1 aromatic heterocycles. The zero-order valence-electron chi connectivity index (χ0n) is 14.3. The van der Waals surface area contributed by atoms with Crippen LogP contribution in [0.2, 0.25) is 0 Å². The molecule has 1 unspecified atom stereocenters. The van der Waals surface area contributed by atoms with Crippen molar-refractivity contribution in [2.24, 2.45) is 0 Å². The molecule has 130 valence electrons. The van der Waals surface area contributed by atoms with Gasteiger partial charge in [0.25, 0.3) is 0 Å². The molecule has 1 atom stereocenters. The Bertz CT molecular complexity index is 933. The number of halogens is 2. The number of hydrogen-bond acceptors (Lipinski definition) is 2. The van der Waals surface area contributed by atoms with E-state index < -0.39 is 17.7 Å². The quantitative estimate of drug-likeness (QED) is 0.683. The van der Waals surface area contributed by atoms with Crippen molar-refractivity contribution in [3.8, 4) is 0 Å². The van der Waals surface area contributed by atoms with Gasteiger partial charge in [-0.2, -0.15) is 0 Å². The summed E-state index contributed by atoms with van der Waals surface area (Å²) in [5.41, 5.74) is 2.74. The molecular formula is C20H19F2NO2. The van der Waals surface area contributed by atoms with Crippen LogP contribution in [0.25, 0.3) is 11.0 Å². The third kappa shape index (κ3) is 3.40. The number of aryl methyl sites for hydroxylation is 1. The summed E-state index contributed by atoms with van der Waals surface area (Å²) in [4.78, 5) is 14.0. The van der Waals surface area contributed by atoms with Crippen molar-refractivity contribution in [1.82, 2.24) is 4.90 Å². The highest BCUT2D eigenvalue weighted by Gasteiger charge is 2.22. The molecule has 0 bridgehead atoms. The fourth-order valence-corrected chi connectivity index (χ4v) is 2.87. The molecule has 0 N–H and O–H groups in total. The predicted octanol–water partition coefficient (Wildman–Crippen LogP) is 4.78. The van der Waals surface area contributed by atoms with Gasteiger partial charge in [0.2, 0.25) is 5.91 Å². The van der Waals surface area contributed by atoms with Gasteiger partial charge in [0.1, 0.15) is 17.2 Å². The standard InChI is InChI=1S/C20H19F2NO2/c1-12-4-6-16-14(11-25-19(16)8-12)9-20(24)23(3)13(2)17-10-15(21)5-7-18(17)22/h4-8,10-11,13H,9H2,1-3H3. The van der Waals surface area contributed by atoms with Crippen LogP contribution in [0.15, 0.2) is 47.1 Å². The summed E-state index contributed by atoms with van der Waals surface area (Å²) < 4.78 is 32.9. The minimum atomic E-state index is -0.580. The van der Waals surface area contributed by atoms with Crippen LogP contribution in [-0.2, 0) is 11.2 Å². The van der Waals surface area contributed by atoms with Gasteiger partial charge in [-0.3, -0.25) is 4.79 Å². The number of nitrogens with zero attached hydrogens (tertiary/aromatic N) is 1. The van der Waals surface area contributed by atoms with E-state index in [-0.39, 0.29) is 17.9 Å². The molecule has 25 heavy (non-hydrogen) atoms. The van der Waals surface area contributed by atoms with Crippen LogP contribution in [0.5, 0.6) is 0 Å². The highest BCUT2D eigenvalue weighted by atomic mass is 19.1. The van der Waals surface area contributed by atoms with E-state index in [1.54, 1.807) is 20.2 Å². The lowest BCUT2D eigenvalue weighted by molar-refractivity contribution is -0.131. The van der Waals surface area contributed by atoms with E-state index in [0.29, 0.717) is 0 Å². The van der Waals surface area contributed by atoms with Gasteiger partial charge in [-0.15, -0.1) is 0 Å². The Labute approximate surface area is 144 Å². The minimum Gasteiger partial charge on any atom is -0.464 e. The van der Waals surface area contributed by atoms with E-state index in [2.05, 4.69) is 0 Å². The number of furan rings is 1. The van der Waals surface area contributed by atoms with Gasteiger partial charge in [-0.1, -0.05) is 12.1 Å². The van der Waals surface area contributed by atoms with E-state index in [0.717, 1.165) is 40.3 Å². The smallest absolute Gasteiger partial charge is 0.227 e. The summed E-state index contributed by atoms with van der Waals surface area (Å²) in [7, 11) is 1.59. The van der Waals surface area contributed by atoms with Crippen molar-refractivity contribution >= 4 is 16.9 Å². The van der Waals surface area contributed by atoms with E-state index in [1.807, 2.05) is 25.1 Å². The molecule has 0 spiro atoms. The number of carbonyl (C=O) groups is 1. The Morgan fingerprint density at radius 3 is 2.72 bits per heavy atom. The Balaban J connectivity index is 1.81. The summed E-state index contributed by atoms with van der Waals surface area (Å²) in [5.74, 6) is -1.25. The second kappa shape index (κ2) is 6.67. The maximum Gasteiger partial charge on any atom is 0.227 e.